The summed E-state index contributed by atoms with van der Waals surface area (Å²) in [6.07, 6.45) is 5.27. The summed E-state index contributed by atoms with van der Waals surface area (Å²) < 4.78 is 7.53. The fourth-order valence-electron chi connectivity index (χ4n) is 4.53. The molecule has 1 aliphatic rings. The number of halogens is 1. The van der Waals surface area contributed by atoms with E-state index in [0.717, 1.165) is 33.8 Å². The van der Waals surface area contributed by atoms with Crippen molar-refractivity contribution < 1.29 is 9.53 Å². The van der Waals surface area contributed by atoms with Crippen LogP contribution in [0.2, 0.25) is 5.02 Å². The van der Waals surface area contributed by atoms with Crippen molar-refractivity contribution in [2.45, 2.75) is 13.0 Å². The smallest absolute Gasteiger partial charge is 0.258 e. The molecule has 0 spiro atoms. The van der Waals surface area contributed by atoms with Crippen molar-refractivity contribution in [1.29, 1.82) is 0 Å². The van der Waals surface area contributed by atoms with Crippen LogP contribution in [-0.2, 0) is 0 Å². The van der Waals surface area contributed by atoms with E-state index < -0.39 is 6.04 Å². The number of nitrogens with zero attached hydrogens (tertiary/aromatic N) is 5. The van der Waals surface area contributed by atoms with Gasteiger partial charge in [0.25, 0.3) is 5.91 Å². The molecular formula is C28H25ClN6O2. The molecule has 2 N–H and O–H groups in total. The third kappa shape index (κ3) is 4.47. The van der Waals surface area contributed by atoms with E-state index >= 15 is 0 Å². The zero-order valence-electron chi connectivity index (χ0n) is 20.6. The highest BCUT2D eigenvalue weighted by Gasteiger charge is 2.30. The number of aromatic nitrogens is 2. The van der Waals surface area contributed by atoms with E-state index in [1.807, 2.05) is 72.3 Å². The molecule has 3 aromatic carbocycles. The average molecular weight is 513 g/mol. The highest BCUT2D eigenvalue weighted by molar-refractivity contribution is 6.38. The van der Waals surface area contributed by atoms with Crippen LogP contribution in [0.3, 0.4) is 0 Å². The minimum absolute atomic E-state index is 0.111. The summed E-state index contributed by atoms with van der Waals surface area (Å²) in [6, 6.07) is 18.1. The van der Waals surface area contributed by atoms with Crippen LogP contribution in [0.4, 0.5) is 5.69 Å². The molecule has 1 aliphatic heterocycles. The third-order valence-electron chi connectivity index (χ3n) is 6.39. The molecule has 186 valence electrons. The average Bonchev–Trinajstić information content (AvgIpc) is 3.33. The molecule has 0 aliphatic carbocycles. The number of aliphatic imine (C=N–C) groups is 1. The van der Waals surface area contributed by atoms with Crippen molar-refractivity contribution in [3.8, 4) is 11.4 Å². The Balaban J connectivity index is 1.58. The van der Waals surface area contributed by atoms with Crippen molar-refractivity contribution in [1.82, 2.24) is 9.55 Å². The number of ether oxygens (including phenoxy) is 1. The summed E-state index contributed by atoms with van der Waals surface area (Å²) in [7, 11) is 3.36. The minimum Gasteiger partial charge on any atom is -0.495 e. The van der Waals surface area contributed by atoms with Crippen LogP contribution in [0, 0.1) is 6.92 Å². The lowest BCUT2D eigenvalue weighted by Crippen LogP contribution is -2.26. The van der Waals surface area contributed by atoms with E-state index in [-0.39, 0.29) is 5.91 Å². The highest BCUT2D eigenvalue weighted by atomic mass is 35.5. The first-order valence-corrected chi connectivity index (χ1v) is 12.0. The molecule has 4 aromatic rings. The Kier molecular flexibility index (Phi) is 6.50. The number of nitrogens with two attached hydrogens (primary N) is 1. The van der Waals surface area contributed by atoms with E-state index in [1.54, 1.807) is 37.7 Å². The first-order valence-electron chi connectivity index (χ1n) is 11.6. The summed E-state index contributed by atoms with van der Waals surface area (Å²) in [5.41, 5.74) is 5.81. The second-order valence-electron chi connectivity index (χ2n) is 8.66. The molecule has 0 saturated carbocycles. The number of benzene rings is 3. The molecule has 0 radical (unpaired) electrons. The van der Waals surface area contributed by atoms with Crippen LogP contribution in [0.15, 0.2) is 83.3 Å². The second kappa shape index (κ2) is 9.91. The molecule has 8 nitrogen and oxygen atoms in total. The molecule has 0 bridgehead atoms. The topological polar surface area (TPSA) is 98.1 Å². The first kappa shape index (κ1) is 24.3. The van der Waals surface area contributed by atoms with Gasteiger partial charge in [-0.2, -0.15) is 5.10 Å². The molecule has 1 atom stereocenters. The van der Waals surface area contributed by atoms with Crippen LogP contribution in [0.5, 0.6) is 5.75 Å². The van der Waals surface area contributed by atoms with Gasteiger partial charge in [0.05, 0.1) is 31.0 Å². The van der Waals surface area contributed by atoms with Crippen LogP contribution in [0.25, 0.3) is 5.69 Å². The number of carbonyl (C=O) groups is 1. The standard InChI is InChI=1S/C28H25ClN6O2/c1-17-15-35(16-32-17)25-10-8-18(12-26(25)37-3)23(33-30)14-31-27-20-6-4-5-7-21(20)28(36)34(2)24-11-9-19(29)13-22(24)27/h4-16,27H,30H2,1-3H3. The number of amides is 1. The predicted octanol–water partition coefficient (Wildman–Crippen LogP) is 4.96. The van der Waals surface area contributed by atoms with Crippen molar-refractivity contribution in [3.63, 3.8) is 0 Å². The number of anilines is 1. The molecule has 0 saturated heterocycles. The van der Waals surface area contributed by atoms with Crippen molar-refractivity contribution >= 4 is 35.1 Å². The van der Waals surface area contributed by atoms with Crippen LogP contribution in [-0.4, -0.2) is 41.5 Å². The van der Waals surface area contributed by atoms with Crippen LogP contribution in [0.1, 0.15) is 38.8 Å². The van der Waals surface area contributed by atoms with Gasteiger partial charge in [-0.1, -0.05) is 35.9 Å². The maximum atomic E-state index is 13.2. The maximum Gasteiger partial charge on any atom is 0.258 e. The monoisotopic (exact) mass is 512 g/mol. The number of hydrazone groups is 1. The number of fused-ring (bicyclic) bond motifs is 2. The second-order valence-corrected chi connectivity index (χ2v) is 9.09. The minimum atomic E-state index is -0.495. The molecule has 0 fully saturated rings. The van der Waals surface area contributed by atoms with Gasteiger partial charge in [-0.3, -0.25) is 9.79 Å². The highest BCUT2D eigenvalue weighted by Crippen LogP contribution is 2.40. The van der Waals surface area contributed by atoms with Crippen molar-refractivity contribution in [3.05, 3.63) is 106 Å². The maximum absolute atomic E-state index is 13.2. The Morgan fingerprint density at radius 1 is 1.11 bits per heavy atom. The number of aryl methyl sites for hydroxylation is 1. The number of hydrogen-bond donors (Lipinski definition) is 1. The zero-order valence-corrected chi connectivity index (χ0v) is 21.3. The molecule has 1 unspecified atom stereocenters. The van der Waals surface area contributed by atoms with Crippen molar-refractivity contribution in [2.75, 3.05) is 19.1 Å². The number of hydrogen-bond acceptors (Lipinski definition) is 6. The lowest BCUT2D eigenvalue weighted by molar-refractivity contribution is 0.0993. The Hall–Kier alpha value is -4.43. The lowest BCUT2D eigenvalue weighted by Gasteiger charge is -2.19. The number of rotatable bonds is 5. The normalized spacial score (nSPS) is 15.5. The molecule has 1 aromatic heterocycles. The van der Waals surface area contributed by atoms with Gasteiger partial charge in [0.15, 0.2) is 0 Å². The fraction of sp³-hybridized carbons (Fsp3) is 0.143. The van der Waals surface area contributed by atoms with Crippen molar-refractivity contribution in [2.24, 2.45) is 15.9 Å². The van der Waals surface area contributed by atoms with Gasteiger partial charge in [0.2, 0.25) is 0 Å². The molecular weight excluding hydrogens is 488 g/mol. The lowest BCUT2D eigenvalue weighted by atomic mass is 9.95. The van der Waals surface area contributed by atoms with E-state index in [0.29, 0.717) is 22.0 Å². The summed E-state index contributed by atoms with van der Waals surface area (Å²) in [4.78, 5) is 24.1. The van der Waals surface area contributed by atoms with Gasteiger partial charge in [-0.15, -0.1) is 0 Å². The van der Waals surface area contributed by atoms with Crippen LogP contribution >= 0.6 is 11.6 Å². The molecule has 1 amide bonds. The number of carbonyl (C=O) groups excluding carboxylic acids is 1. The summed E-state index contributed by atoms with van der Waals surface area (Å²) in [6.45, 7) is 1.93. The molecule has 5 rings (SSSR count). The number of imidazole rings is 1. The fourth-order valence-corrected chi connectivity index (χ4v) is 4.71. The quantitative estimate of drug-likeness (QED) is 0.232. The van der Waals surface area contributed by atoms with E-state index in [2.05, 4.69) is 10.1 Å². The molecule has 2 heterocycles. The Labute approximate surface area is 219 Å². The third-order valence-corrected chi connectivity index (χ3v) is 6.62. The Morgan fingerprint density at radius 2 is 1.89 bits per heavy atom. The van der Waals surface area contributed by atoms with Gasteiger partial charge < -0.3 is 20.0 Å². The summed E-state index contributed by atoms with van der Waals surface area (Å²) in [5.74, 6) is 6.33. The summed E-state index contributed by atoms with van der Waals surface area (Å²) >= 11 is 6.37. The Morgan fingerprint density at radius 3 is 2.62 bits per heavy atom. The summed E-state index contributed by atoms with van der Waals surface area (Å²) in [5, 5.41) is 4.55. The van der Waals surface area contributed by atoms with Gasteiger partial charge in [0, 0.05) is 40.6 Å². The van der Waals surface area contributed by atoms with E-state index in [1.165, 1.54) is 0 Å². The van der Waals surface area contributed by atoms with Gasteiger partial charge in [0.1, 0.15) is 17.5 Å². The van der Waals surface area contributed by atoms with E-state index in [4.69, 9.17) is 27.2 Å². The largest absolute Gasteiger partial charge is 0.495 e. The number of methoxy groups -OCH3 is 1. The van der Waals surface area contributed by atoms with Crippen LogP contribution < -0.4 is 15.5 Å². The van der Waals surface area contributed by atoms with E-state index in [9.17, 15) is 4.79 Å². The van der Waals surface area contributed by atoms with Gasteiger partial charge >= 0.3 is 0 Å². The molecule has 9 heteroatoms. The molecule has 37 heavy (non-hydrogen) atoms. The first-order chi connectivity index (χ1) is 17.9. The predicted molar refractivity (Wildman–Crippen MR) is 147 cm³/mol. The van der Waals surface area contributed by atoms with Gasteiger partial charge in [-0.25, -0.2) is 4.98 Å². The Bertz CT molecular complexity index is 1560. The zero-order chi connectivity index (χ0) is 26.1. The van der Waals surface area contributed by atoms with Gasteiger partial charge in [-0.05, 0) is 48.9 Å². The SMILES string of the molecule is COc1cc(C(C=NC2c3ccccc3C(=O)N(C)c3ccc(Cl)cc32)=NN)ccc1-n1cnc(C)c1.